The fourth-order valence-corrected chi connectivity index (χ4v) is 3.18. The van der Waals surface area contributed by atoms with Crippen LogP contribution < -0.4 is 0 Å². The number of benzene rings is 1. The summed E-state index contributed by atoms with van der Waals surface area (Å²) in [5.41, 5.74) is 3.80. The Morgan fingerprint density at radius 1 is 1.47 bits per heavy atom. The largest absolute Gasteiger partial charge is 0.388 e. The van der Waals surface area contributed by atoms with Gasteiger partial charge in [0.2, 0.25) is 0 Å². The maximum atomic E-state index is 10.2. The molecule has 0 saturated heterocycles. The molecule has 1 heterocycles. The number of rotatable bonds is 1. The highest BCUT2D eigenvalue weighted by Gasteiger charge is 2.22. The van der Waals surface area contributed by atoms with Crippen molar-refractivity contribution in [2.75, 3.05) is 5.75 Å². The van der Waals surface area contributed by atoms with E-state index in [-0.39, 0.29) is 6.10 Å². The van der Waals surface area contributed by atoms with Gasteiger partial charge in [0.25, 0.3) is 0 Å². The van der Waals surface area contributed by atoms with E-state index in [0.717, 1.165) is 23.5 Å². The minimum Gasteiger partial charge on any atom is -0.388 e. The molecule has 2 unspecified atom stereocenters. The van der Waals surface area contributed by atoms with Crippen LogP contribution in [-0.4, -0.2) is 10.9 Å². The van der Waals surface area contributed by atoms with Crippen LogP contribution in [0.3, 0.4) is 0 Å². The lowest BCUT2D eigenvalue weighted by Crippen LogP contribution is -2.10. The lowest BCUT2D eigenvalue weighted by molar-refractivity contribution is 0.129. The van der Waals surface area contributed by atoms with Crippen LogP contribution in [0.15, 0.2) is 18.2 Å². The first-order valence-electron chi connectivity index (χ1n) is 5.60. The van der Waals surface area contributed by atoms with Crippen molar-refractivity contribution in [1.82, 2.24) is 0 Å². The smallest absolute Gasteiger partial charge is 0.0826 e. The molecule has 0 fully saturated rings. The van der Waals surface area contributed by atoms with E-state index in [1.54, 1.807) is 0 Å². The van der Waals surface area contributed by atoms with Crippen LogP contribution in [0.5, 0.6) is 0 Å². The van der Waals surface area contributed by atoms with Gasteiger partial charge in [-0.25, -0.2) is 0 Å². The molecule has 0 aromatic heterocycles. The Kier molecular flexibility index (Phi) is 3.37. The Balaban J connectivity index is 2.41. The average Bonchev–Trinajstić information content (AvgIpc) is 2.40. The highest BCUT2D eigenvalue weighted by molar-refractivity contribution is 7.98. The summed E-state index contributed by atoms with van der Waals surface area (Å²) in [6.45, 7) is 4.29. The molecular weight excluding hydrogens is 204 g/mol. The van der Waals surface area contributed by atoms with Gasteiger partial charge in [-0.1, -0.05) is 32.0 Å². The molecule has 15 heavy (non-hydrogen) atoms. The van der Waals surface area contributed by atoms with E-state index < -0.39 is 0 Å². The normalized spacial score (nSPS) is 25.8. The van der Waals surface area contributed by atoms with Crippen LogP contribution in [0, 0.1) is 5.92 Å². The Labute approximate surface area is 95.9 Å². The topological polar surface area (TPSA) is 20.2 Å². The molecule has 1 nitrogen and oxygen atoms in total. The van der Waals surface area contributed by atoms with Crippen molar-refractivity contribution in [2.24, 2.45) is 5.92 Å². The molecule has 0 bridgehead atoms. The van der Waals surface area contributed by atoms with E-state index in [0.29, 0.717) is 5.92 Å². The number of fused-ring (bicyclic) bond motifs is 1. The molecule has 0 spiro atoms. The van der Waals surface area contributed by atoms with Crippen LogP contribution in [0.2, 0.25) is 0 Å². The molecule has 2 heteroatoms. The average molecular weight is 222 g/mol. The fraction of sp³-hybridized carbons (Fsp3) is 0.538. The molecule has 2 atom stereocenters. The summed E-state index contributed by atoms with van der Waals surface area (Å²) in [5.74, 6) is 2.46. The van der Waals surface area contributed by atoms with E-state index >= 15 is 0 Å². The molecule has 0 saturated carbocycles. The maximum Gasteiger partial charge on any atom is 0.0826 e. The molecular formula is C13H18OS. The van der Waals surface area contributed by atoms with E-state index in [2.05, 4.69) is 32.0 Å². The van der Waals surface area contributed by atoms with Crippen LogP contribution >= 0.6 is 11.8 Å². The van der Waals surface area contributed by atoms with Gasteiger partial charge in [-0.15, -0.1) is 0 Å². The second-order valence-electron chi connectivity index (χ2n) is 4.32. The van der Waals surface area contributed by atoms with Crippen LogP contribution in [0.25, 0.3) is 0 Å². The molecule has 0 amide bonds. The second-order valence-corrected chi connectivity index (χ2v) is 5.35. The number of thioether (sulfide) groups is 1. The van der Waals surface area contributed by atoms with E-state index in [4.69, 9.17) is 0 Å². The number of hydrogen-bond donors (Lipinski definition) is 1. The zero-order chi connectivity index (χ0) is 10.8. The number of aryl methyl sites for hydroxylation is 1. The predicted molar refractivity (Wildman–Crippen MR) is 66.1 cm³/mol. The number of aliphatic hydroxyl groups is 1. The minimum atomic E-state index is -0.276. The minimum absolute atomic E-state index is 0.276. The molecule has 82 valence electrons. The summed E-state index contributed by atoms with van der Waals surface area (Å²) in [7, 11) is 0. The summed E-state index contributed by atoms with van der Waals surface area (Å²) in [6.07, 6.45) is 0.767. The summed E-state index contributed by atoms with van der Waals surface area (Å²) in [4.78, 5) is 0. The third-order valence-electron chi connectivity index (χ3n) is 3.11. The monoisotopic (exact) mass is 222 g/mol. The number of aliphatic hydroxyl groups excluding tert-OH is 1. The third kappa shape index (κ3) is 2.21. The van der Waals surface area contributed by atoms with Gasteiger partial charge in [-0.3, -0.25) is 0 Å². The molecule has 1 aromatic carbocycles. The quantitative estimate of drug-likeness (QED) is 0.787. The Hall–Kier alpha value is -0.470. The van der Waals surface area contributed by atoms with Crippen molar-refractivity contribution in [1.29, 1.82) is 0 Å². The highest BCUT2D eigenvalue weighted by Crippen LogP contribution is 2.34. The number of hydrogen-bond acceptors (Lipinski definition) is 2. The maximum absolute atomic E-state index is 10.2. The standard InChI is InChI=1S/C13H18OS/c1-3-10-4-5-11-8-15-7-9(2)13(14)12(11)6-10/h4-6,9,13-14H,3,7-8H2,1-2H3. The van der Waals surface area contributed by atoms with Crippen molar-refractivity contribution >= 4 is 11.8 Å². The van der Waals surface area contributed by atoms with Gasteiger partial charge >= 0.3 is 0 Å². The Morgan fingerprint density at radius 3 is 3.00 bits per heavy atom. The zero-order valence-electron chi connectivity index (χ0n) is 9.36. The second kappa shape index (κ2) is 4.58. The first-order valence-corrected chi connectivity index (χ1v) is 6.75. The lowest BCUT2D eigenvalue weighted by atomic mass is 9.93. The van der Waals surface area contributed by atoms with Gasteiger partial charge in [0.05, 0.1) is 6.10 Å². The van der Waals surface area contributed by atoms with Crippen LogP contribution in [0.4, 0.5) is 0 Å². The summed E-state index contributed by atoms with van der Waals surface area (Å²) >= 11 is 1.92. The fourth-order valence-electron chi connectivity index (χ4n) is 2.02. The molecule has 0 aliphatic carbocycles. The van der Waals surface area contributed by atoms with Gasteiger partial charge in [0, 0.05) is 5.75 Å². The molecule has 0 radical (unpaired) electrons. The van der Waals surface area contributed by atoms with Crippen molar-refractivity contribution < 1.29 is 5.11 Å². The Bertz CT molecular complexity index is 348. The molecule has 1 aliphatic heterocycles. The lowest BCUT2D eigenvalue weighted by Gasteiger charge is -2.17. The van der Waals surface area contributed by atoms with Crippen molar-refractivity contribution in [3.8, 4) is 0 Å². The first kappa shape index (κ1) is 11.0. The highest BCUT2D eigenvalue weighted by atomic mass is 32.2. The van der Waals surface area contributed by atoms with E-state index in [9.17, 15) is 5.11 Å². The molecule has 2 rings (SSSR count). The van der Waals surface area contributed by atoms with Crippen molar-refractivity contribution in [3.05, 3.63) is 34.9 Å². The van der Waals surface area contributed by atoms with E-state index in [1.165, 1.54) is 11.1 Å². The zero-order valence-corrected chi connectivity index (χ0v) is 10.2. The van der Waals surface area contributed by atoms with Crippen LogP contribution in [-0.2, 0) is 12.2 Å². The van der Waals surface area contributed by atoms with Gasteiger partial charge in [0.15, 0.2) is 0 Å². The van der Waals surface area contributed by atoms with Crippen LogP contribution in [0.1, 0.15) is 36.6 Å². The predicted octanol–water partition coefficient (Wildman–Crippen LogP) is 3.17. The molecule has 1 aromatic rings. The van der Waals surface area contributed by atoms with Gasteiger partial charge in [-0.2, -0.15) is 11.8 Å². The molecule has 1 aliphatic rings. The van der Waals surface area contributed by atoms with E-state index in [1.807, 2.05) is 11.8 Å². The Morgan fingerprint density at radius 2 is 2.27 bits per heavy atom. The van der Waals surface area contributed by atoms with Crippen molar-refractivity contribution in [3.63, 3.8) is 0 Å². The van der Waals surface area contributed by atoms with Gasteiger partial charge in [0.1, 0.15) is 0 Å². The summed E-state index contributed by atoms with van der Waals surface area (Å²) in [5, 5.41) is 10.2. The van der Waals surface area contributed by atoms with Crippen molar-refractivity contribution in [2.45, 2.75) is 32.1 Å². The summed E-state index contributed by atoms with van der Waals surface area (Å²) < 4.78 is 0. The first-order chi connectivity index (χ1) is 7.22. The third-order valence-corrected chi connectivity index (χ3v) is 4.39. The van der Waals surface area contributed by atoms with Gasteiger partial charge < -0.3 is 5.11 Å². The summed E-state index contributed by atoms with van der Waals surface area (Å²) in [6, 6.07) is 6.55. The molecule has 1 N–H and O–H groups in total. The SMILES string of the molecule is CCc1ccc2c(c1)C(O)C(C)CSC2. The van der Waals surface area contributed by atoms with Gasteiger partial charge in [-0.05, 0) is 34.8 Å².